The second-order valence-electron chi connectivity index (χ2n) is 5.22. The molecule has 3 rings (SSSR count). The molecule has 0 bridgehead atoms. The zero-order valence-electron chi connectivity index (χ0n) is 11.2. The zero-order valence-corrected chi connectivity index (χ0v) is 11.2. The average molecular weight is 245 g/mol. The van der Waals surface area contributed by atoms with Crippen LogP contribution in [0.5, 0.6) is 0 Å². The van der Waals surface area contributed by atoms with Crippen LogP contribution in [0.15, 0.2) is 6.07 Å². The number of aromatic nitrogens is 4. The van der Waals surface area contributed by atoms with Gasteiger partial charge in [-0.2, -0.15) is 0 Å². The van der Waals surface area contributed by atoms with Crippen molar-refractivity contribution in [3.63, 3.8) is 0 Å². The predicted octanol–water partition coefficient (Wildman–Crippen LogP) is 1.38. The molecule has 5 nitrogen and oxygen atoms in total. The number of fused-ring (bicyclic) bond motifs is 1. The predicted molar refractivity (Wildman–Crippen MR) is 69.7 cm³/mol. The van der Waals surface area contributed by atoms with Crippen LogP contribution in [-0.2, 0) is 5.41 Å². The van der Waals surface area contributed by atoms with Gasteiger partial charge >= 0.3 is 0 Å². The SMILES string of the molecule is CCC1(c2nnc3cc(C)nc(C)n23)CCNC1. The lowest BCUT2D eigenvalue weighted by molar-refractivity contribution is 0.419. The highest BCUT2D eigenvalue weighted by atomic mass is 15.3. The van der Waals surface area contributed by atoms with Gasteiger partial charge in [0, 0.05) is 23.7 Å². The summed E-state index contributed by atoms with van der Waals surface area (Å²) in [6.07, 6.45) is 2.20. The quantitative estimate of drug-likeness (QED) is 0.868. The summed E-state index contributed by atoms with van der Waals surface area (Å²) in [6, 6.07) is 2.00. The van der Waals surface area contributed by atoms with E-state index in [0.717, 1.165) is 48.9 Å². The molecule has 1 saturated heterocycles. The first-order valence-corrected chi connectivity index (χ1v) is 6.57. The third-order valence-corrected chi connectivity index (χ3v) is 4.08. The molecule has 0 radical (unpaired) electrons. The lowest BCUT2D eigenvalue weighted by Crippen LogP contribution is -2.31. The van der Waals surface area contributed by atoms with E-state index in [0.29, 0.717) is 0 Å². The summed E-state index contributed by atoms with van der Waals surface area (Å²) in [5.74, 6) is 2.04. The maximum absolute atomic E-state index is 4.53. The Morgan fingerprint density at radius 2 is 2.22 bits per heavy atom. The van der Waals surface area contributed by atoms with Gasteiger partial charge in [0.2, 0.25) is 0 Å². The van der Waals surface area contributed by atoms with Crippen molar-refractivity contribution in [3.05, 3.63) is 23.4 Å². The van der Waals surface area contributed by atoms with Crippen LogP contribution in [0.1, 0.15) is 37.1 Å². The molecule has 0 amide bonds. The summed E-state index contributed by atoms with van der Waals surface area (Å²) in [5, 5.41) is 12.2. The van der Waals surface area contributed by atoms with E-state index in [4.69, 9.17) is 0 Å². The van der Waals surface area contributed by atoms with E-state index in [1.807, 2.05) is 19.9 Å². The molecule has 1 aliphatic rings. The molecule has 5 heteroatoms. The number of aryl methyl sites for hydroxylation is 2. The van der Waals surface area contributed by atoms with Crippen LogP contribution in [0.25, 0.3) is 5.65 Å². The molecule has 0 saturated carbocycles. The Hall–Kier alpha value is -1.49. The van der Waals surface area contributed by atoms with Gasteiger partial charge in [-0.15, -0.1) is 10.2 Å². The summed E-state index contributed by atoms with van der Waals surface area (Å²) >= 11 is 0. The first-order chi connectivity index (χ1) is 8.66. The second-order valence-corrected chi connectivity index (χ2v) is 5.22. The van der Waals surface area contributed by atoms with Crippen molar-refractivity contribution in [1.29, 1.82) is 0 Å². The van der Waals surface area contributed by atoms with E-state index in [2.05, 4.69) is 31.8 Å². The summed E-state index contributed by atoms with van der Waals surface area (Å²) in [6.45, 7) is 8.29. The molecular weight excluding hydrogens is 226 g/mol. The number of nitrogens with one attached hydrogen (secondary N) is 1. The molecule has 1 N–H and O–H groups in total. The van der Waals surface area contributed by atoms with E-state index in [9.17, 15) is 0 Å². The van der Waals surface area contributed by atoms with E-state index >= 15 is 0 Å². The number of nitrogens with zero attached hydrogens (tertiary/aromatic N) is 4. The van der Waals surface area contributed by atoms with Crippen molar-refractivity contribution in [3.8, 4) is 0 Å². The third-order valence-electron chi connectivity index (χ3n) is 4.08. The minimum atomic E-state index is 0.112. The minimum Gasteiger partial charge on any atom is -0.316 e. The molecule has 1 fully saturated rings. The van der Waals surface area contributed by atoms with E-state index < -0.39 is 0 Å². The first-order valence-electron chi connectivity index (χ1n) is 6.57. The lowest BCUT2D eigenvalue weighted by Gasteiger charge is -2.24. The highest BCUT2D eigenvalue weighted by Crippen LogP contribution is 2.33. The second kappa shape index (κ2) is 4.02. The van der Waals surface area contributed by atoms with Crippen LogP contribution in [0.2, 0.25) is 0 Å². The monoisotopic (exact) mass is 245 g/mol. The Morgan fingerprint density at radius 1 is 1.39 bits per heavy atom. The maximum atomic E-state index is 4.53. The van der Waals surface area contributed by atoms with Crippen molar-refractivity contribution < 1.29 is 0 Å². The molecule has 0 aromatic carbocycles. The van der Waals surface area contributed by atoms with Crippen LogP contribution >= 0.6 is 0 Å². The number of rotatable bonds is 2. The van der Waals surface area contributed by atoms with Crippen LogP contribution in [0.3, 0.4) is 0 Å². The molecule has 2 aromatic rings. The van der Waals surface area contributed by atoms with E-state index in [1.165, 1.54) is 0 Å². The molecule has 1 unspecified atom stereocenters. The van der Waals surface area contributed by atoms with Crippen molar-refractivity contribution in [2.45, 2.75) is 39.0 Å². The molecule has 1 aliphatic heterocycles. The Labute approximate surface area is 107 Å². The molecule has 1 atom stereocenters. The van der Waals surface area contributed by atoms with Crippen LogP contribution in [0.4, 0.5) is 0 Å². The van der Waals surface area contributed by atoms with Gasteiger partial charge in [0.1, 0.15) is 11.6 Å². The summed E-state index contributed by atoms with van der Waals surface area (Å²) < 4.78 is 2.11. The van der Waals surface area contributed by atoms with Crippen LogP contribution in [0, 0.1) is 13.8 Å². The van der Waals surface area contributed by atoms with Gasteiger partial charge in [0.25, 0.3) is 0 Å². The Bertz CT molecular complexity index is 580. The van der Waals surface area contributed by atoms with Gasteiger partial charge < -0.3 is 5.32 Å². The van der Waals surface area contributed by atoms with Crippen molar-refractivity contribution in [2.75, 3.05) is 13.1 Å². The van der Waals surface area contributed by atoms with E-state index in [1.54, 1.807) is 0 Å². The first kappa shape index (κ1) is 11.6. The molecule has 0 spiro atoms. The van der Waals surface area contributed by atoms with Crippen LogP contribution in [-0.4, -0.2) is 32.7 Å². The summed E-state index contributed by atoms with van der Waals surface area (Å²) in [5.41, 5.74) is 2.02. The lowest BCUT2D eigenvalue weighted by atomic mass is 9.83. The normalized spacial score (nSPS) is 23.9. The van der Waals surface area contributed by atoms with Crippen molar-refractivity contribution in [1.82, 2.24) is 24.9 Å². The number of hydrogen-bond acceptors (Lipinski definition) is 4. The van der Waals surface area contributed by atoms with Gasteiger partial charge in [-0.3, -0.25) is 4.40 Å². The summed E-state index contributed by atoms with van der Waals surface area (Å²) in [4.78, 5) is 4.53. The Kier molecular flexibility index (Phi) is 2.59. The minimum absolute atomic E-state index is 0.112. The highest BCUT2D eigenvalue weighted by Gasteiger charge is 2.38. The molecule has 0 aliphatic carbocycles. The van der Waals surface area contributed by atoms with Gasteiger partial charge in [-0.25, -0.2) is 4.98 Å². The average Bonchev–Trinajstić information content (AvgIpc) is 2.94. The molecule has 18 heavy (non-hydrogen) atoms. The van der Waals surface area contributed by atoms with Gasteiger partial charge in [-0.1, -0.05) is 6.92 Å². The fourth-order valence-electron chi connectivity index (χ4n) is 2.97. The topological polar surface area (TPSA) is 55.1 Å². The van der Waals surface area contributed by atoms with Gasteiger partial charge in [0.05, 0.1) is 0 Å². The van der Waals surface area contributed by atoms with E-state index in [-0.39, 0.29) is 5.41 Å². The van der Waals surface area contributed by atoms with Crippen molar-refractivity contribution in [2.24, 2.45) is 0 Å². The fourth-order valence-corrected chi connectivity index (χ4v) is 2.97. The summed E-state index contributed by atoms with van der Waals surface area (Å²) in [7, 11) is 0. The fraction of sp³-hybridized carbons (Fsp3) is 0.615. The standard InChI is InChI=1S/C13H19N5/c1-4-13(5-6-14-8-13)12-17-16-11-7-9(2)15-10(3)18(11)12/h7,14H,4-6,8H2,1-3H3. The largest absolute Gasteiger partial charge is 0.316 e. The Morgan fingerprint density at radius 3 is 2.89 bits per heavy atom. The number of hydrogen-bond donors (Lipinski definition) is 1. The van der Waals surface area contributed by atoms with Gasteiger partial charge in [-0.05, 0) is 33.2 Å². The molecule has 2 aromatic heterocycles. The smallest absolute Gasteiger partial charge is 0.164 e. The highest BCUT2D eigenvalue weighted by molar-refractivity contribution is 5.41. The molecule has 96 valence electrons. The van der Waals surface area contributed by atoms with Crippen molar-refractivity contribution >= 4 is 5.65 Å². The molecule has 3 heterocycles. The Balaban J connectivity index is 2.23. The van der Waals surface area contributed by atoms with Crippen LogP contribution < -0.4 is 5.32 Å². The maximum Gasteiger partial charge on any atom is 0.164 e. The molecular formula is C13H19N5. The zero-order chi connectivity index (χ0) is 12.8. The third kappa shape index (κ3) is 1.54. The van der Waals surface area contributed by atoms with Gasteiger partial charge in [0.15, 0.2) is 5.65 Å².